The Balaban J connectivity index is 1.94. The molecule has 0 radical (unpaired) electrons. The van der Waals surface area contributed by atoms with Crippen LogP contribution in [0.4, 0.5) is 10.2 Å². The van der Waals surface area contributed by atoms with E-state index in [1.54, 1.807) is 0 Å². The minimum atomic E-state index is -4.86. The lowest BCUT2D eigenvalue weighted by molar-refractivity contribution is -0.234. The van der Waals surface area contributed by atoms with Crippen molar-refractivity contribution >= 4 is 24.8 Å². The number of aliphatic hydroxyl groups excluding tert-OH is 2. The summed E-state index contributed by atoms with van der Waals surface area (Å²) in [5, 5.41) is 19.9. The van der Waals surface area contributed by atoms with Crippen molar-refractivity contribution in [3.63, 3.8) is 0 Å². The number of rotatable bonds is 4. The molecule has 3 heterocycles. The highest BCUT2D eigenvalue weighted by Gasteiger charge is 2.57. The summed E-state index contributed by atoms with van der Waals surface area (Å²) in [4.78, 5) is 28.6. The third-order valence-corrected chi connectivity index (χ3v) is 3.97. The van der Waals surface area contributed by atoms with Gasteiger partial charge in [-0.25, -0.2) is 19.5 Å². The van der Waals surface area contributed by atoms with Crippen LogP contribution in [0.1, 0.15) is 0 Å². The average Bonchev–Trinajstić information content (AvgIpc) is 3.02. The van der Waals surface area contributed by atoms with Crippen LogP contribution in [0.5, 0.6) is 0 Å². The molecule has 0 bridgehead atoms. The number of nitrogens with two attached hydrogens (primary N) is 1. The minimum absolute atomic E-state index is 0.0308. The molecule has 132 valence electrons. The number of nitrogen functional groups attached to an aromatic ring is 1. The molecule has 1 saturated heterocycles. The number of alkyl halides is 1. The number of ether oxygens (including phenoxy) is 1. The lowest BCUT2D eigenvalue weighted by atomic mass is 10.1. The second kappa shape index (κ2) is 5.67. The summed E-state index contributed by atoms with van der Waals surface area (Å²) in [6, 6.07) is 0. The Morgan fingerprint density at radius 3 is 2.79 bits per heavy atom. The fourth-order valence-corrected chi connectivity index (χ4v) is 2.69. The maximum absolute atomic E-state index is 15.2. The van der Waals surface area contributed by atoms with E-state index in [0.29, 0.717) is 4.57 Å². The molecular formula is C10H13FN5O7P. The Bertz CT molecular complexity index is 814. The number of fused-ring (bicyclic) bond motifs is 1. The van der Waals surface area contributed by atoms with E-state index in [1.165, 1.54) is 0 Å². The topological polar surface area (TPSA) is 186 Å². The molecule has 2 aromatic rings. The van der Waals surface area contributed by atoms with Gasteiger partial charge < -0.3 is 30.5 Å². The van der Waals surface area contributed by atoms with Gasteiger partial charge in [0.15, 0.2) is 17.6 Å². The molecule has 1 fully saturated rings. The van der Waals surface area contributed by atoms with E-state index in [2.05, 4.69) is 19.5 Å². The highest BCUT2D eigenvalue weighted by Crippen LogP contribution is 2.42. The standard InChI is InChI=1S/C10H13FN5O7P/c11-10(16-3-15-5-8(12)13-2-14-9(5)16)7(18)6(17)4(23-10)1-22-24(19,20)21/h2-4,6-7,17-18H,1H2,(H2,12,13,14)(H2,19,20,21)/t4-,6-,7-,10+/m1/s1. The minimum Gasteiger partial charge on any atom is -0.387 e. The van der Waals surface area contributed by atoms with E-state index >= 15 is 4.39 Å². The predicted molar refractivity (Wildman–Crippen MR) is 73.7 cm³/mol. The molecule has 0 unspecified atom stereocenters. The zero-order valence-electron chi connectivity index (χ0n) is 11.8. The molecule has 0 aromatic carbocycles. The van der Waals surface area contributed by atoms with Crippen molar-refractivity contribution in [2.75, 3.05) is 12.3 Å². The van der Waals surface area contributed by atoms with Gasteiger partial charge in [-0.3, -0.25) is 9.09 Å². The molecule has 14 heteroatoms. The van der Waals surface area contributed by atoms with Crippen LogP contribution in [-0.4, -0.2) is 64.4 Å². The Hall–Kier alpha value is -1.73. The Labute approximate surface area is 132 Å². The number of aromatic nitrogens is 4. The maximum Gasteiger partial charge on any atom is 0.469 e. The van der Waals surface area contributed by atoms with Crippen LogP contribution >= 0.6 is 7.82 Å². The normalized spacial score (nSPS) is 31.0. The van der Waals surface area contributed by atoms with E-state index in [9.17, 15) is 14.8 Å². The molecule has 1 aliphatic rings. The fourth-order valence-electron chi connectivity index (χ4n) is 2.34. The van der Waals surface area contributed by atoms with Crippen molar-refractivity contribution in [3.05, 3.63) is 12.7 Å². The van der Waals surface area contributed by atoms with Crippen molar-refractivity contribution in [2.45, 2.75) is 24.3 Å². The molecule has 3 rings (SSSR count). The largest absolute Gasteiger partial charge is 0.469 e. The monoisotopic (exact) mass is 365 g/mol. The number of imidazole rings is 1. The van der Waals surface area contributed by atoms with E-state index in [-0.39, 0.29) is 17.0 Å². The van der Waals surface area contributed by atoms with Crippen LogP contribution in [0.15, 0.2) is 12.7 Å². The molecule has 12 nitrogen and oxygen atoms in total. The Morgan fingerprint density at radius 2 is 2.12 bits per heavy atom. The van der Waals surface area contributed by atoms with Gasteiger partial charge >= 0.3 is 13.8 Å². The third kappa shape index (κ3) is 2.75. The van der Waals surface area contributed by atoms with Crippen molar-refractivity contribution in [2.24, 2.45) is 0 Å². The first-order valence-corrected chi connectivity index (χ1v) is 8.03. The number of nitrogens with zero attached hydrogens (tertiary/aromatic N) is 4. The summed E-state index contributed by atoms with van der Waals surface area (Å²) >= 11 is 0. The molecule has 4 atom stereocenters. The van der Waals surface area contributed by atoms with Crippen LogP contribution in [0.25, 0.3) is 11.2 Å². The molecule has 0 aliphatic carbocycles. The van der Waals surface area contributed by atoms with Gasteiger partial charge in [-0.05, 0) is 0 Å². The number of halogens is 1. The molecule has 0 saturated carbocycles. The van der Waals surface area contributed by atoms with E-state index in [1.807, 2.05) is 0 Å². The summed E-state index contributed by atoms with van der Waals surface area (Å²) in [5.74, 6) is -3.03. The lowest BCUT2D eigenvalue weighted by Crippen LogP contribution is -2.41. The Morgan fingerprint density at radius 1 is 1.42 bits per heavy atom. The summed E-state index contributed by atoms with van der Waals surface area (Å²) < 4.78 is 35.7. The number of hydrogen-bond donors (Lipinski definition) is 5. The first-order valence-electron chi connectivity index (χ1n) is 6.50. The maximum atomic E-state index is 15.2. The summed E-state index contributed by atoms with van der Waals surface area (Å²) in [6.07, 6.45) is -3.48. The van der Waals surface area contributed by atoms with E-state index in [4.69, 9.17) is 20.3 Å². The van der Waals surface area contributed by atoms with Crippen LogP contribution < -0.4 is 5.73 Å². The van der Waals surface area contributed by atoms with Crippen molar-refractivity contribution in [3.8, 4) is 0 Å². The molecule has 2 aromatic heterocycles. The predicted octanol–water partition coefficient (Wildman–Crippen LogP) is -1.78. The van der Waals surface area contributed by atoms with Gasteiger partial charge in [-0.15, -0.1) is 0 Å². The molecule has 24 heavy (non-hydrogen) atoms. The molecule has 0 amide bonds. The summed E-state index contributed by atoms with van der Waals surface area (Å²) in [6.45, 7) is -0.849. The smallest absolute Gasteiger partial charge is 0.387 e. The van der Waals surface area contributed by atoms with Crippen LogP contribution in [0, 0.1) is 0 Å². The van der Waals surface area contributed by atoms with Crippen LogP contribution in [-0.2, 0) is 19.8 Å². The lowest BCUT2D eigenvalue weighted by Gasteiger charge is -2.24. The van der Waals surface area contributed by atoms with Gasteiger partial charge in [0.25, 0.3) is 0 Å². The number of anilines is 1. The molecule has 6 N–H and O–H groups in total. The first-order chi connectivity index (χ1) is 11.1. The van der Waals surface area contributed by atoms with Crippen molar-refractivity contribution in [1.82, 2.24) is 19.5 Å². The SMILES string of the molecule is Nc1ncnc2c1ncn2[C@]1(F)O[C@H](COP(=O)(O)O)[C@@H](O)[C@H]1O. The van der Waals surface area contributed by atoms with E-state index in [0.717, 1.165) is 12.7 Å². The fraction of sp³-hybridized carbons (Fsp3) is 0.500. The zero-order chi connectivity index (χ0) is 17.7. The summed E-state index contributed by atoms with van der Waals surface area (Å²) in [5.41, 5.74) is 5.53. The average molecular weight is 365 g/mol. The molecule has 0 spiro atoms. The van der Waals surface area contributed by atoms with Crippen LogP contribution in [0.3, 0.4) is 0 Å². The molecular weight excluding hydrogens is 352 g/mol. The van der Waals surface area contributed by atoms with Crippen molar-refractivity contribution < 1.29 is 38.2 Å². The van der Waals surface area contributed by atoms with Gasteiger partial charge in [0.1, 0.15) is 30.4 Å². The highest BCUT2D eigenvalue weighted by atomic mass is 31.2. The third-order valence-electron chi connectivity index (χ3n) is 3.48. The second-order valence-corrected chi connectivity index (χ2v) is 6.27. The first kappa shape index (κ1) is 17.1. The molecule has 1 aliphatic heterocycles. The number of hydrogen-bond acceptors (Lipinski definition) is 9. The Kier molecular flexibility index (Phi) is 4.04. The van der Waals surface area contributed by atoms with Crippen molar-refractivity contribution in [1.29, 1.82) is 0 Å². The number of aliphatic hydroxyl groups is 2. The quantitative estimate of drug-likeness (QED) is 0.385. The highest BCUT2D eigenvalue weighted by molar-refractivity contribution is 7.46. The number of phosphoric ester groups is 1. The number of phosphoric acid groups is 1. The van der Waals surface area contributed by atoms with Gasteiger partial charge in [0.2, 0.25) is 0 Å². The van der Waals surface area contributed by atoms with Gasteiger partial charge in [-0.1, -0.05) is 0 Å². The van der Waals surface area contributed by atoms with Gasteiger partial charge in [-0.2, -0.15) is 4.39 Å². The van der Waals surface area contributed by atoms with E-state index < -0.39 is 38.7 Å². The summed E-state index contributed by atoms with van der Waals surface area (Å²) in [7, 11) is -4.86. The van der Waals surface area contributed by atoms with Gasteiger partial charge in [0.05, 0.1) is 6.61 Å². The van der Waals surface area contributed by atoms with Crippen LogP contribution in [0.2, 0.25) is 0 Å². The second-order valence-electron chi connectivity index (χ2n) is 5.03. The van der Waals surface area contributed by atoms with Gasteiger partial charge in [0, 0.05) is 0 Å². The zero-order valence-corrected chi connectivity index (χ0v) is 12.7.